The molecule has 0 unspecified atom stereocenters. The van der Waals surface area contributed by atoms with Gasteiger partial charge in [0.1, 0.15) is 16.6 Å². The van der Waals surface area contributed by atoms with E-state index in [4.69, 9.17) is 27.4 Å². The van der Waals surface area contributed by atoms with Crippen LogP contribution < -0.4 is 10.5 Å². The summed E-state index contributed by atoms with van der Waals surface area (Å²) in [5.41, 5.74) is 5.39. The van der Waals surface area contributed by atoms with Crippen molar-refractivity contribution in [1.29, 1.82) is 0 Å². The lowest BCUT2D eigenvalue weighted by atomic mass is 10.2. The Balaban J connectivity index is 2.76. The maximum atomic E-state index is 13.5. The van der Waals surface area contributed by atoms with Gasteiger partial charge in [-0.3, -0.25) is 0 Å². The first-order valence-electron chi connectivity index (χ1n) is 5.32. The molecule has 0 spiro atoms. The zero-order valence-electron chi connectivity index (χ0n) is 10.1. The molecule has 0 aromatic heterocycles. The molecule has 0 saturated heterocycles. The molecule has 0 fully saturated rings. The first kappa shape index (κ1) is 14.4. The molecule has 0 amide bonds. The van der Waals surface area contributed by atoms with Gasteiger partial charge in [-0.1, -0.05) is 18.3 Å². The average Bonchev–Trinajstić information content (AvgIpc) is 2.24. The molecule has 0 aliphatic rings. The standard InChI is InChI=1S/C12H14FNO3S/c1-7(2)17-10(15)6-16-9-5-3-4-8(13)11(9)12(14)18/h3-5,7H,6H2,1-2H3,(H2,14,18). The quantitative estimate of drug-likeness (QED) is 0.653. The van der Waals surface area contributed by atoms with Gasteiger partial charge in [-0.15, -0.1) is 0 Å². The minimum absolute atomic E-state index is 0.00940. The van der Waals surface area contributed by atoms with Crippen molar-refractivity contribution in [2.75, 3.05) is 6.61 Å². The molecular formula is C12H14FNO3S. The summed E-state index contributed by atoms with van der Waals surface area (Å²) in [5, 5.41) is 0. The van der Waals surface area contributed by atoms with Crippen molar-refractivity contribution in [2.24, 2.45) is 5.73 Å². The van der Waals surface area contributed by atoms with Gasteiger partial charge in [0.05, 0.1) is 11.7 Å². The molecular weight excluding hydrogens is 257 g/mol. The first-order valence-corrected chi connectivity index (χ1v) is 5.73. The minimum Gasteiger partial charge on any atom is -0.481 e. The van der Waals surface area contributed by atoms with Crippen molar-refractivity contribution in [1.82, 2.24) is 0 Å². The molecule has 0 atom stereocenters. The lowest BCUT2D eigenvalue weighted by molar-refractivity contribution is -0.149. The van der Waals surface area contributed by atoms with Crippen LogP contribution in [-0.2, 0) is 9.53 Å². The smallest absolute Gasteiger partial charge is 0.344 e. The largest absolute Gasteiger partial charge is 0.481 e. The maximum absolute atomic E-state index is 13.5. The van der Waals surface area contributed by atoms with Gasteiger partial charge in [-0.05, 0) is 26.0 Å². The Morgan fingerprint density at radius 1 is 1.50 bits per heavy atom. The second-order valence-electron chi connectivity index (χ2n) is 3.80. The topological polar surface area (TPSA) is 61.5 Å². The van der Waals surface area contributed by atoms with Gasteiger partial charge in [0.25, 0.3) is 0 Å². The van der Waals surface area contributed by atoms with Crippen LogP contribution in [0.25, 0.3) is 0 Å². The molecule has 2 N–H and O–H groups in total. The van der Waals surface area contributed by atoms with E-state index in [0.29, 0.717) is 0 Å². The van der Waals surface area contributed by atoms with Crippen LogP contribution in [0.4, 0.5) is 4.39 Å². The van der Waals surface area contributed by atoms with Crippen molar-refractivity contribution in [2.45, 2.75) is 20.0 Å². The number of rotatable bonds is 5. The molecule has 4 nitrogen and oxygen atoms in total. The van der Waals surface area contributed by atoms with Crippen LogP contribution in [0.1, 0.15) is 19.4 Å². The van der Waals surface area contributed by atoms with E-state index in [1.54, 1.807) is 13.8 Å². The van der Waals surface area contributed by atoms with Crippen molar-refractivity contribution < 1.29 is 18.7 Å². The average molecular weight is 271 g/mol. The number of nitrogens with two attached hydrogens (primary N) is 1. The van der Waals surface area contributed by atoms with E-state index < -0.39 is 11.8 Å². The lowest BCUT2D eigenvalue weighted by Crippen LogP contribution is -2.20. The normalized spacial score (nSPS) is 10.2. The van der Waals surface area contributed by atoms with E-state index in [1.165, 1.54) is 18.2 Å². The van der Waals surface area contributed by atoms with Crippen LogP contribution in [0.5, 0.6) is 5.75 Å². The van der Waals surface area contributed by atoms with Gasteiger partial charge in [-0.25, -0.2) is 9.18 Å². The molecule has 0 aliphatic heterocycles. The van der Waals surface area contributed by atoms with Crippen molar-refractivity contribution in [3.63, 3.8) is 0 Å². The predicted molar refractivity (Wildman–Crippen MR) is 69.0 cm³/mol. The number of halogens is 1. The third kappa shape index (κ3) is 3.96. The SMILES string of the molecule is CC(C)OC(=O)COc1cccc(F)c1C(N)=S. The molecule has 1 aromatic rings. The van der Waals surface area contributed by atoms with Gasteiger partial charge in [0.15, 0.2) is 6.61 Å². The van der Waals surface area contributed by atoms with E-state index >= 15 is 0 Å². The third-order valence-electron chi connectivity index (χ3n) is 1.93. The van der Waals surface area contributed by atoms with Crippen molar-refractivity contribution >= 4 is 23.2 Å². The molecule has 1 aromatic carbocycles. The molecule has 18 heavy (non-hydrogen) atoms. The Labute approximate surface area is 110 Å². The molecule has 0 heterocycles. The third-order valence-corrected chi connectivity index (χ3v) is 2.14. The molecule has 6 heteroatoms. The molecule has 0 saturated carbocycles. The second kappa shape index (κ2) is 6.30. The predicted octanol–water partition coefficient (Wildman–Crippen LogP) is 1.79. The Morgan fingerprint density at radius 3 is 2.72 bits per heavy atom. The molecule has 1 rings (SSSR count). The number of carbonyl (C=O) groups excluding carboxylic acids is 1. The molecule has 0 radical (unpaired) electrons. The van der Waals surface area contributed by atoms with E-state index in [9.17, 15) is 9.18 Å². The van der Waals surface area contributed by atoms with Gasteiger partial charge >= 0.3 is 5.97 Å². The molecule has 0 bridgehead atoms. The summed E-state index contributed by atoms with van der Waals surface area (Å²) in [6.45, 7) is 3.12. The van der Waals surface area contributed by atoms with Gasteiger partial charge in [-0.2, -0.15) is 0 Å². The van der Waals surface area contributed by atoms with Crippen molar-refractivity contribution in [3.8, 4) is 5.75 Å². The number of carbonyl (C=O) groups is 1. The number of esters is 1. The Kier molecular flexibility index (Phi) is 5.03. The van der Waals surface area contributed by atoms with Crippen LogP contribution in [0, 0.1) is 5.82 Å². The van der Waals surface area contributed by atoms with Gasteiger partial charge < -0.3 is 15.2 Å². The maximum Gasteiger partial charge on any atom is 0.344 e. The minimum atomic E-state index is -0.586. The van der Waals surface area contributed by atoms with E-state index in [-0.39, 0.29) is 29.0 Å². The van der Waals surface area contributed by atoms with Crippen LogP contribution in [0.3, 0.4) is 0 Å². The fourth-order valence-corrected chi connectivity index (χ4v) is 1.50. The lowest BCUT2D eigenvalue weighted by Gasteiger charge is -2.12. The summed E-state index contributed by atoms with van der Waals surface area (Å²) < 4.78 is 23.5. The van der Waals surface area contributed by atoms with E-state index in [1.807, 2.05) is 0 Å². The number of hydrogen-bond acceptors (Lipinski definition) is 4. The second-order valence-corrected chi connectivity index (χ2v) is 4.24. The van der Waals surface area contributed by atoms with Crippen molar-refractivity contribution in [3.05, 3.63) is 29.6 Å². The first-order chi connectivity index (χ1) is 8.41. The number of ether oxygens (including phenoxy) is 2. The Morgan fingerprint density at radius 2 is 2.17 bits per heavy atom. The zero-order valence-corrected chi connectivity index (χ0v) is 10.9. The summed E-state index contributed by atoms with van der Waals surface area (Å²) in [6.07, 6.45) is -0.233. The van der Waals surface area contributed by atoms with Crippen LogP contribution >= 0.6 is 12.2 Å². The summed E-state index contributed by atoms with van der Waals surface area (Å²) >= 11 is 4.73. The summed E-state index contributed by atoms with van der Waals surface area (Å²) in [4.78, 5) is 11.2. The van der Waals surface area contributed by atoms with Gasteiger partial charge in [0, 0.05) is 0 Å². The van der Waals surface area contributed by atoms with Crippen LogP contribution in [0.15, 0.2) is 18.2 Å². The Bertz CT molecular complexity index is 463. The van der Waals surface area contributed by atoms with E-state index in [0.717, 1.165) is 0 Å². The van der Waals surface area contributed by atoms with E-state index in [2.05, 4.69) is 0 Å². The number of hydrogen-bond donors (Lipinski definition) is 1. The summed E-state index contributed by atoms with van der Waals surface area (Å²) in [5.74, 6) is -0.997. The fraction of sp³-hybridized carbons (Fsp3) is 0.333. The summed E-state index contributed by atoms with van der Waals surface area (Å²) in [7, 11) is 0. The highest BCUT2D eigenvalue weighted by molar-refractivity contribution is 7.80. The highest BCUT2D eigenvalue weighted by Gasteiger charge is 2.14. The molecule has 98 valence electrons. The monoisotopic (exact) mass is 271 g/mol. The fourth-order valence-electron chi connectivity index (χ4n) is 1.30. The van der Waals surface area contributed by atoms with Crippen LogP contribution in [-0.4, -0.2) is 23.7 Å². The van der Waals surface area contributed by atoms with Crippen LogP contribution in [0.2, 0.25) is 0 Å². The van der Waals surface area contributed by atoms with Gasteiger partial charge in [0.2, 0.25) is 0 Å². The summed E-state index contributed by atoms with van der Waals surface area (Å²) in [6, 6.07) is 4.15. The highest BCUT2D eigenvalue weighted by Crippen LogP contribution is 2.21. The number of benzene rings is 1. The Hall–Kier alpha value is -1.69. The molecule has 0 aliphatic carbocycles. The number of thiocarbonyl (C=S) groups is 1. The highest BCUT2D eigenvalue weighted by atomic mass is 32.1. The zero-order chi connectivity index (χ0) is 13.7.